The van der Waals surface area contributed by atoms with Gasteiger partial charge in [-0.15, -0.1) is 0 Å². The first-order valence-electron chi connectivity index (χ1n) is 7.93. The molecule has 0 saturated heterocycles. The van der Waals surface area contributed by atoms with Crippen molar-refractivity contribution < 1.29 is 4.79 Å². The Labute approximate surface area is 132 Å². The number of benzene rings is 2. The molecule has 3 rings (SSSR count). The van der Waals surface area contributed by atoms with Crippen molar-refractivity contribution in [3.05, 3.63) is 65.7 Å². The smallest absolute Gasteiger partial charge is 0.258 e. The Bertz CT molecular complexity index is 662. The lowest BCUT2D eigenvalue weighted by atomic mass is 9.93. The molecule has 22 heavy (non-hydrogen) atoms. The summed E-state index contributed by atoms with van der Waals surface area (Å²) in [6, 6.07) is 18.0. The third-order valence-electron chi connectivity index (χ3n) is 4.64. The van der Waals surface area contributed by atoms with Gasteiger partial charge in [-0.3, -0.25) is 4.79 Å². The monoisotopic (exact) mass is 294 g/mol. The Morgan fingerprint density at radius 3 is 2.27 bits per heavy atom. The van der Waals surface area contributed by atoms with E-state index in [0.717, 1.165) is 29.7 Å². The average Bonchev–Trinajstić information content (AvgIpc) is 2.58. The van der Waals surface area contributed by atoms with E-state index < -0.39 is 0 Å². The molecule has 3 nitrogen and oxygen atoms in total. The summed E-state index contributed by atoms with van der Waals surface area (Å²) in [6.07, 6.45) is 1.74. The summed E-state index contributed by atoms with van der Waals surface area (Å²) < 4.78 is 0. The van der Waals surface area contributed by atoms with Crippen LogP contribution in [-0.2, 0) is 6.54 Å². The Balaban J connectivity index is 2.03. The molecule has 2 aromatic rings. The van der Waals surface area contributed by atoms with Gasteiger partial charge >= 0.3 is 0 Å². The number of nitrogens with zero attached hydrogens (tertiary/aromatic N) is 1. The standard InChI is InChI=1S/C19H22N2O/c1-3-19(4-2)20-17-13-9-8-12-16(17)18(22)21(19)14-15-10-6-5-7-11-15/h5-13,20H,3-4,14H2,1-2H3. The van der Waals surface area contributed by atoms with Crippen LogP contribution in [0.5, 0.6) is 0 Å². The highest BCUT2D eigenvalue weighted by atomic mass is 16.2. The Morgan fingerprint density at radius 1 is 0.955 bits per heavy atom. The number of hydrogen-bond donors (Lipinski definition) is 1. The third kappa shape index (κ3) is 2.37. The number of hydrogen-bond acceptors (Lipinski definition) is 2. The van der Waals surface area contributed by atoms with E-state index in [1.165, 1.54) is 0 Å². The maximum atomic E-state index is 13.0. The summed E-state index contributed by atoms with van der Waals surface area (Å²) in [4.78, 5) is 15.0. The zero-order valence-electron chi connectivity index (χ0n) is 13.2. The maximum Gasteiger partial charge on any atom is 0.258 e. The van der Waals surface area contributed by atoms with Crippen LogP contribution in [0.3, 0.4) is 0 Å². The minimum atomic E-state index is -0.318. The van der Waals surface area contributed by atoms with E-state index in [1.807, 2.05) is 47.4 Å². The molecule has 0 fully saturated rings. The van der Waals surface area contributed by atoms with E-state index in [-0.39, 0.29) is 11.6 Å². The SMILES string of the molecule is CCC1(CC)Nc2ccccc2C(=O)N1Cc1ccccc1. The van der Waals surface area contributed by atoms with Crippen LogP contribution in [0.15, 0.2) is 54.6 Å². The number of carbonyl (C=O) groups excluding carboxylic acids is 1. The van der Waals surface area contributed by atoms with Gasteiger partial charge in [0.05, 0.1) is 5.56 Å². The molecule has 0 unspecified atom stereocenters. The molecule has 0 bridgehead atoms. The van der Waals surface area contributed by atoms with Crippen LogP contribution < -0.4 is 5.32 Å². The van der Waals surface area contributed by atoms with Crippen LogP contribution in [0.1, 0.15) is 42.6 Å². The highest BCUT2D eigenvalue weighted by molar-refractivity contribution is 6.02. The van der Waals surface area contributed by atoms with Crippen molar-refractivity contribution in [1.29, 1.82) is 0 Å². The van der Waals surface area contributed by atoms with Gasteiger partial charge in [-0.1, -0.05) is 56.3 Å². The average molecular weight is 294 g/mol. The lowest BCUT2D eigenvalue weighted by molar-refractivity contribution is 0.0453. The summed E-state index contributed by atoms with van der Waals surface area (Å²) in [7, 11) is 0. The quantitative estimate of drug-likeness (QED) is 0.913. The van der Waals surface area contributed by atoms with E-state index in [4.69, 9.17) is 0 Å². The molecule has 0 radical (unpaired) electrons. The number of rotatable bonds is 4. The van der Waals surface area contributed by atoms with Gasteiger partial charge in [0.15, 0.2) is 0 Å². The van der Waals surface area contributed by atoms with Crippen molar-refractivity contribution in [2.24, 2.45) is 0 Å². The fraction of sp³-hybridized carbons (Fsp3) is 0.316. The molecule has 3 heteroatoms. The highest BCUT2D eigenvalue weighted by Gasteiger charge is 2.41. The first kappa shape index (κ1) is 14.6. The number of nitrogens with one attached hydrogen (secondary N) is 1. The molecule has 1 aliphatic rings. The summed E-state index contributed by atoms with van der Waals surface area (Å²) in [5.74, 6) is 0.113. The number of para-hydroxylation sites is 1. The first-order valence-corrected chi connectivity index (χ1v) is 7.93. The van der Waals surface area contributed by atoms with Gasteiger partial charge in [-0.05, 0) is 30.5 Å². The van der Waals surface area contributed by atoms with Crippen LogP contribution in [0.2, 0.25) is 0 Å². The van der Waals surface area contributed by atoms with Crippen molar-refractivity contribution in [2.45, 2.75) is 38.9 Å². The van der Waals surface area contributed by atoms with Gasteiger partial charge < -0.3 is 10.2 Å². The zero-order chi connectivity index (χ0) is 15.6. The van der Waals surface area contributed by atoms with E-state index in [9.17, 15) is 4.79 Å². The normalized spacial score (nSPS) is 16.1. The fourth-order valence-corrected chi connectivity index (χ4v) is 3.23. The predicted molar refractivity (Wildman–Crippen MR) is 89.7 cm³/mol. The van der Waals surface area contributed by atoms with Gasteiger partial charge in [-0.25, -0.2) is 0 Å². The molecule has 0 saturated carbocycles. The second-order valence-corrected chi connectivity index (χ2v) is 5.79. The van der Waals surface area contributed by atoms with Crippen LogP contribution in [0, 0.1) is 0 Å². The second kappa shape index (κ2) is 5.84. The van der Waals surface area contributed by atoms with Gasteiger partial charge in [0.1, 0.15) is 5.66 Å². The molecule has 1 amide bonds. The molecule has 114 valence electrons. The molecule has 0 aliphatic carbocycles. The van der Waals surface area contributed by atoms with Crippen LogP contribution in [0.4, 0.5) is 5.69 Å². The minimum Gasteiger partial charge on any atom is -0.362 e. The lowest BCUT2D eigenvalue weighted by Gasteiger charge is -2.48. The van der Waals surface area contributed by atoms with Crippen LogP contribution in [0.25, 0.3) is 0 Å². The molecule has 0 spiro atoms. The van der Waals surface area contributed by atoms with E-state index in [0.29, 0.717) is 6.54 Å². The molecule has 1 aliphatic heterocycles. The summed E-state index contributed by atoms with van der Waals surface area (Å²) in [5, 5.41) is 3.62. The van der Waals surface area contributed by atoms with Gasteiger partial charge in [0.2, 0.25) is 0 Å². The molecule has 0 aromatic heterocycles. The van der Waals surface area contributed by atoms with Crippen LogP contribution >= 0.6 is 0 Å². The van der Waals surface area contributed by atoms with Crippen molar-refractivity contribution in [3.63, 3.8) is 0 Å². The Hall–Kier alpha value is -2.29. The van der Waals surface area contributed by atoms with Gasteiger partial charge in [-0.2, -0.15) is 0 Å². The third-order valence-corrected chi connectivity index (χ3v) is 4.64. The minimum absolute atomic E-state index is 0.113. The molecule has 2 aromatic carbocycles. The highest BCUT2D eigenvalue weighted by Crippen LogP contribution is 2.36. The van der Waals surface area contributed by atoms with Crippen molar-refractivity contribution in [3.8, 4) is 0 Å². The number of fused-ring (bicyclic) bond motifs is 1. The van der Waals surface area contributed by atoms with Crippen LogP contribution in [-0.4, -0.2) is 16.5 Å². The molecule has 1 heterocycles. The van der Waals surface area contributed by atoms with Crippen molar-refractivity contribution >= 4 is 11.6 Å². The number of amides is 1. The first-order chi connectivity index (χ1) is 10.7. The van der Waals surface area contributed by atoms with E-state index in [1.54, 1.807) is 0 Å². The predicted octanol–water partition coefficient (Wildman–Crippen LogP) is 4.27. The summed E-state index contributed by atoms with van der Waals surface area (Å²) >= 11 is 0. The molecular weight excluding hydrogens is 272 g/mol. The largest absolute Gasteiger partial charge is 0.362 e. The van der Waals surface area contributed by atoms with Gasteiger partial charge in [0, 0.05) is 12.2 Å². The Morgan fingerprint density at radius 2 is 1.59 bits per heavy atom. The van der Waals surface area contributed by atoms with E-state index in [2.05, 4.69) is 31.3 Å². The number of carbonyl (C=O) groups is 1. The van der Waals surface area contributed by atoms with Crippen molar-refractivity contribution in [1.82, 2.24) is 4.90 Å². The fourth-order valence-electron chi connectivity index (χ4n) is 3.23. The maximum absolute atomic E-state index is 13.0. The lowest BCUT2D eigenvalue weighted by Crippen LogP contribution is -2.58. The van der Waals surface area contributed by atoms with E-state index >= 15 is 0 Å². The Kier molecular flexibility index (Phi) is 3.88. The second-order valence-electron chi connectivity index (χ2n) is 5.79. The molecule has 0 atom stereocenters. The molecule has 1 N–H and O–H groups in total. The number of anilines is 1. The zero-order valence-corrected chi connectivity index (χ0v) is 13.2. The molecular formula is C19H22N2O. The summed E-state index contributed by atoms with van der Waals surface area (Å²) in [5.41, 5.74) is 2.54. The van der Waals surface area contributed by atoms with Gasteiger partial charge in [0.25, 0.3) is 5.91 Å². The topological polar surface area (TPSA) is 32.3 Å². The van der Waals surface area contributed by atoms with Crippen molar-refractivity contribution in [2.75, 3.05) is 5.32 Å². The summed E-state index contributed by atoms with van der Waals surface area (Å²) in [6.45, 7) is 4.90.